The molecule has 1 N–H and O–H groups in total. The summed E-state index contributed by atoms with van der Waals surface area (Å²) < 4.78 is 2.05. The minimum Gasteiger partial charge on any atom is -0.314 e. The summed E-state index contributed by atoms with van der Waals surface area (Å²) in [6.45, 7) is 8.20. The van der Waals surface area contributed by atoms with Crippen molar-refractivity contribution in [2.45, 2.75) is 52.6 Å². The second-order valence-electron chi connectivity index (χ2n) is 5.17. The minimum atomic E-state index is 0.397. The van der Waals surface area contributed by atoms with Gasteiger partial charge in [-0.1, -0.05) is 25.4 Å². The Bertz CT molecular complexity index is 548. The number of nitrogens with zero attached hydrogens (tertiary/aromatic N) is 2. The largest absolute Gasteiger partial charge is 0.314 e. The van der Waals surface area contributed by atoms with Crippen LogP contribution in [0.5, 0.6) is 0 Å². The van der Waals surface area contributed by atoms with E-state index in [4.69, 9.17) is 11.6 Å². The fraction of sp³-hybridized carbons (Fsp3) is 0.562. The van der Waals surface area contributed by atoms with Crippen molar-refractivity contribution in [2.75, 3.05) is 6.54 Å². The minimum absolute atomic E-state index is 0.397. The van der Waals surface area contributed by atoms with Crippen LogP contribution in [0.4, 0.5) is 0 Å². The summed E-state index contributed by atoms with van der Waals surface area (Å²) in [5.41, 5.74) is 3.57. The maximum absolute atomic E-state index is 6.53. The van der Waals surface area contributed by atoms with Crippen LogP contribution in [-0.2, 0) is 25.8 Å². The van der Waals surface area contributed by atoms with Crippen molar-refractivity contribution in [1.82, 2.24) is 15.1 Å². The van der Waals surface area contributed by atoms with Crippen LogP contribution in [0.15, 0.2) is 16.8 Å². The van der Waals surface area contributed by atoms with Gasteiger partial charge in [0.1, 0.15) is 0 Å². The van der Waals surface area contributed by atoms with Crippen LogP contribution in [-0.4, -0.2) is 22.4 Å². The molecule has 0 saturated carbocycles. The van der Waals surface area contributed by atoms with Gasteiger partial charge in [0, 0.05) is 19.0 Å². The van der Waals surface area contributed by atoms with E-state index in [-0.39, 0.29) is 0 Å². The fourth-order valence-electron chi connectivity index (χ4n) is 2.64. The molecule has 0 fully saturated rings. The number of hydrogen-bond donors (Lipinski definition) is 1. The van der Waals surface area contributed by atoms with Crippen LogP contribution < -0.4 is 5.32 Å². The van der Waals surface area contributed by atoms with Crippen LogP contribution in [0.1, 0.15) is 37.7 Å². The predicted molar refractivity (Wildman–Crippen MR) is 91.5 cm³/mol. The second kappa shape index (κ2) is 7.97. The van der Waals surface area contributed by atoms with Crippen LogP contribution in [0.25, 0.3) is 0 Å². The first-order valence-electron chi connectivity index (χ1n) is 7.68. The zero-order valence-electron chi connectivity index (χ0n) is 13.0. The Hall–Kier alpha value is -0.840. The molecule has 21 heavy (non-hydrogen) atoms. The maximum Gasteiger partial charge on any atom is 0.0850 e. The number of thiophene rings is 1. The quantitative estimate of drug-likeness (QED) is 0.796. The van der Waals surface area contributed by atoms with E-state index < -0.39 is 0 Å². The highest BCUT2D eigenvalue weighted by Crippen LogP contribution is 2.24. The lowest BCUT2D eigenvalue weighted by Crippen LogP contribution is -2.33. The summed E-state index contributed by atoms with van der Waals surface area (Å²) in [7, 11) is 0. The zero-order valence-corrected chi connectivity index (χ0v) is 14.6. The van der Waals surface area contributed by atoms with E-state index in [2.05, 4.69) is 52.7 Å². The standard InChI is InChI=1S/C16H24ClN3S/c1-4-14-16(17)15(20(6-3)19-14)10-13(18-5-2)9-12-7-8-21-11-12/h7-8,11,13,18H,4-6,9-10H2,1-3H3. The molecule has 0 radical (unpaired) electrons. The Labute approximate surface area is 136 Å². The smallest absolute Gasteiger partial charge is 0.0850 e. The molecule has 116 valence electrons. The number of aryl methyl sites for hydroxylation is 2. The van der Waals surface area contributed by atoms with E-state index in [1.165, 1.54) is 5.56 Å². The van der Waals surface area contributed by atoms with Crippen LogP contribution in [0.3, 0.4) is 0 Å². The summed E-state index contributed by atoms with van der Waals surface area (Å²) in [5, 5.41) is 13.4. The summed E-state index contributed by atoms with van der Waals surface area (Å²) in [4.78, 5) is 0. The molecular weight excluding hydrogens is 302 g/mol. The third kappa shape index (κ3) is 4.09. The SMILES string of the molecule is CCNC(Cc1ccsc1)Cc1c(Cl)c(CC)nn1CC. The van der Waals surface area contributed by atoms with E-state index in [1.54, 1.807) is 11.3 Å². The van der Waals surface area contributed by atoms with Gasteiger partial charge in [-0.3, -0.25) is 4.68 Å². The van der Waals surface area contributed by atoms with Gasteiger partial charge in [0.2, 0.25) is 0 Å². The molecule has 0 amide bonds. The first-order valence-corrected chi connectivity index (χ1v) is 9.00. The molecule has 5 heteroatoms. The first-order chi connectivity index (χ1) is 10.2. The number of halogens is 1. The van der Waals surface area contributed by atoms with Gasteiger partial charge in [-0.2, -0.15) is 16.4 Å². The average Bonchev–Trinajstić information content (AvgIpc) is 3.08. The molecule has 2 aromatic rings. The Morgan fingerprint density at radius 2 is 2.14 bits per heavy atom. The number of likely N-dealkylation sites (N-methyl/N-ethyl adjacent to an activating group) is 1. The van der Waals surface area contributed by atoms with Gasteiger partial charge in [0.15, 0.2) is 0 Å². The molecule has 2 heterocycles. The van der Waals surface area contributed by atoms with Crippen LogP contribution in [0, 0.1) is 0 Å². The fourth-order valence-corrected chi connectivity index (χ4v) is 3.67. The van der Waals surface area contributed by atoms with Crippen LogP contribution >= 0.6 is 22.9 Å². The predicted octanol–water partition coefficient (Wildman–Crippen LogP) is 3.94. The lowest BCUT2D eigenvalue weighted by Gasteiger charge is -2.18. The third-order valence-electron chi connectivity index (χ3n) is 3.69. The van der Waals surface area contributed by atoms with Crippen molar-refractivity contribution in [1.29, 1.82) is 0 Å². The monoisotopic (exact) mass is 325 g/mol. The van der Waals surface area contributed by atoms with E-state index in [1.807, 2.05) is 0 Å². The Balaban J connectivity index is 2.17. The molecule has 3 nitrogen and oxygen atoms in total. The maximum atomic E-state index is 6.53. The van der Waals surface area contributed by atoms with Crippen molar-refractivity contribution in [2.24, 2.45) is 0 Å². The van der Waals surface area contributed by atoms with Gasteiger partial charge in [-0.25, -0.2) is 0 Å². The summed E-state index contributed by atoms with van der Waals surface area (Å²) >= 11 is 8.28. The van der Waals surface area contributed by atoms with Gasteiger partial charge < -0.3 is 5.32 Å². The summed E-state index contributed by atoms with van der Waals surface area (Å²) in [5.74, 6) is 0. The zero-order chi connectivity index (χ0) is 15.2. The Morgan fingerprint density at radius 3 is 2.71 bits per heavy atom. The topological polar surface area (TPSA) is 29.9 Å². The molecule has 0 aliphatic carbocycles. The van der Waals surface area contributed by atoms with Gasteiger partial charge in [0.25, 0.3) is 0 Å². The molecule has 2 aromatic heterocycles. The van der Waals surface area contributed by atoms with Crippen LogP contribution in [0.2, 0.25) is 5.02 Å². The third-order valence-corrected chi connectivity index (χ3v) is 4.86. The molecule has 1 atom stereocenters. The number of rotatable bonds is 8. The molecule has 0 bridgehead atoms. The number of aromatic nitrogens is 2. The first kappa shape index (κ1) is 16.5. The van der Waals surface area contributed by atoms with E-state index in [0.29, 0.717) is 6.04 Å². The molecule has 1 unspecified atom stereocenters. The van der Waals surface area contributed by atoms with E-state index in [9.17, 15) is 0 Å². The Kier molecular flexibility index (Phi) is 6.27. The average molecular weight is 326 g/mol. The lowest BCUT2D eigenvalue weighted by molar-refractivity contribution is 0.496. The molecule has 0 aliphatic rings. The molecular formula is C16H24ClN3S. The second-order valence-corrected chi connectivity index (χ2v) is 6.33. The molecule has 0 aromatic carbocycles. The van der Waals surface area contributed by atoms with Gasteiger partial charge in [-0.15, -0.1) is 0 Å². The van der Waals surface area contributed by atoms with Gasteiger partial charge in [0.05, 0.1) is 16.4 Å². The number of nitrogens with one attached hydrogen (secondary N) is 1. The van der Waals surface area contributed by atoms with Crippen molar-refractivity contribution < 1.29 is 0 Å². The normalized spacial score (nSPS) is 12.8. The van der Waals surface area contributed by atoms with E-state index >= 15 is 0 Å². The molecule has 2 rings (SSSR count). The van der Waals surface area contributed by atoms with E-state index in [0.717, 1.165) is 48.8 Å². The summed E-state index contributed by atoms with van der Waals surface area (Å²) in [6.07, 6.45) is 2.84. The van der Waals surface area contributed by atoms with Crippen molar-refractivity contribution in [3.05, 3.63) is 38.8 Å². The highest BCUT2D eigenvalue weighted by Gasteiger charge is 2.19. The lowest BCUT2D eigenvalue weighted by atomic mass is 10.0. The van der Waals surface area contributed by atoms with Crippen molar-refractivity contribution in [3.8, 4) is 0 Å². The van der Waals surface area contributed by atoms with Gasteiger partial charge >= 0.3 is 0 Å². The summed E-state index contributed by atoms with van der Waals surface area (Å²) in [6, 6.07) is 2.60. The van der Waals surface area contributed by atoms with Gasteiger partial charge in [-0.05, 0) is 48.7 Å². The number of hydrogen-bond acceptors (Lipinski definition) is 3. The Morgan fingerprint density at radius 1 is 1.33 bits per heavy atom. The highest BCUT2D eigenvalue weighted by molar-refractivity contribution is 7.07. The van der Waals surface area contributed by atoms with Crippen molar-refractivity contribution >= 4 is 22.9 Å². The molecule has 0 spiro atoms. The highest BCUT2D eigenvalue weighted by atomic mass is 35.5. The molecule has 0 aliphatic heterocycles. The molecule has 0 saturated heterocycles. The van der Waals surface area contributed by atoms with Crippen molar-refractivity contribution in [3.63, 3.8) is 0 Å².